The van der Waals surface area contributed by atoms with Gasteiger partial charge in [0.2, 0.25) is 5.75 Å². The van der Waals surface area contributed by atoms with Crippen LogP contribution in [0.25, 0.3) is 22.1 Å². The van der Waals surface area contributed by atoms with E-state index in [9.17, 15) is 14.7 Å². The van der Waals surface area contributed by atoms with Gasteiger partial charge in [-0.15, -0.1) is 0 Å². The average molecular weight is 412 g/mol. The molecule has 156 valence electrons. The van der Waals surface area contributed by atoms with Crippen molar-refractivity contribution in [2.24, 2.45) is 0 Å². The highest BCUT2D eigenvalue weighted by Gasteiger charge is 2.19. The van der Waals surface area contributed by atoms with E-state index in [2.05, 4.69) is 0 Å². The van der Waals surface area contributed by atoms with Crippen LogP contribution in [0.2, 0.25) is 0 Å². The van der Waals surface area contributed by atoms with Crippen LogP contribution in [0.4, 0.5) is 0 Å². The van der Waals surface area contributed by atoms with Crippen LogP contribution in [0.5, 0.6) is 28.7 Å². The van der Waals surface area contributed by atoms with E-state index in [1.165, 1.54) is 51.7 Å². The Hall–Kier alpha value is -3.94. The normalized spacial score (nSPS) is 10.9. The monoisotopic (exact) mass is 412 g/mol. The third-order valence-electron chi connectivity index (χ3n) is 4.29. The van der Waals surface area contributed by atoms with Crippen molar-refractivity contribution in [2.45, 2.75) is 6.92 Å². The Morgan fingerprint density at radius 2 is 1.67 bits per heavy atom. The van der Waals surface area contributed by atoms with Crippen molar-refractivity contribution in [3.05, 3.63) is 52.9 Å². The molecule has 0 unspecified atom stereocenters. The molecule has 0 bridgehead atoms. The molecule has 2 aromatic carbocycles. The number of hydrogen-bond acceptors (Lipinski definition) is 8. The molecule has 1 heterocycles. The van der Waals surface area contributed by atoms with Crippen molar-refractivity contribution in [1.29, 1.82) is 0 Å². The molecule has 0 saturated heterocycles. The SMILES string of the molecule is C/C=C/C(=O)Oc1cc(O)c2c(-c3cc(OC)c(OC)c(OC)c3)cc(=O)oc2c1. The van der Waals surface area contributed by atoms with Crippen LogP contribution in [0.1, 0.15) is 6.92 Å². The van der Waals surface area contributed by atoms with Crippen LogP contribution in [-0.4, -0.2) is 32.4 Å². The molecule has 3 rings (SSSR count). The van der Waals surface area contributed by atoms with Crippen LogP contribution < -0.4 is 24.6 Å². The molecule has 0 aliphatic rings. The van der Waals surface area contributed by atoms with Gasteiger partial charge in [0, 0.05) is 29.8 Å². The Morgan fingerprint density at radius 3 is 2.23 bits per heavy atom. The van der Waals surface area contributed by atoms with E-state index in [-0.39, 0.29) is 22.5 Å². The highest BCUT2D eigenvalue weighted by Crippen LogP contribution is 2.44. The topological polar surface area (TPSA) is 104 Å². The zero-order chi connectivity index (χ0) is 21.8. The van der Waals surface area contributed by atoms with Crippen LogP contribution in [0.3, 0.4) is 0 Å². The van der Waals surface area contributed by atoms with E-state index in [4.69, 9.17) is 23.4 Å². The maximum absolute atomic E-state index is 12.2. The Labute approximate surface area is 171 Å². The number of esters is 1. The first-order valence-electron chi connectivity index (χ1n) is 8.87. The molecule has 0 fully saturated rings. The van der Waals surface area contributed by atoms with Crippen molar-refractivity contribution in [1.82, 2.24) is 0 Å². The molecule has 8 nitrogen and oxygen atoms in total. The van der Waals surface area contributed by atoms with Gasteiger partial charge in [-0.1, -0.05) is 6.08 Å². The maximum atomic E-state index is 12.2. The highest BCUT2D eigenvalue weighted by molar-refractivity contribution is 5.99. The third kappa shape index (κ3) is 3.93. The van der Waals surface area contributed by atoms with E-state index in [0.717, 1.165) is 0 Å². The second kappa shape index (κ2) is 8.60. The Bertz CT molecular complexity index is 1160. The number of carbonyl (C=O) groups excluding carboxylic acids is 1. The summed E-state index contributed by atoms with van der Waals surface area (Å²) < 4.78 is 26.4. The Morgan fingerprint density at radius 1 is 1.00 bits per heavy atom. The van der Waals surface area contributed by atoms with Gasteiger partial charge in [0.15, 0.2) is 11.5 Å². The van der Waals surface area contributed by atoms with E-state index in [0.29, 0.717) is 28.4 Å². The van der Waals surface area contributed by atoms with Gasteiger partial charge in [0.05, 0.1) is 26.7 Å². The molecule has 0 amide bonds. The second-order valence-corrected chi connectivity index (χ2v) is 6.13. The Balaban J connectivity index is 2.25. The minimum Gasteiger partial charge on any atom is -0.507 e. The predicted molar refractivity (Wildman–Crippen MR) is 110 cm³/mol. The fraction of sp³-hybridized carbons (Fsp3) is 0.182. The van der Waals surface area contributed by atoms with Gasteiger partial charge < -0.3 is 28.5 Å². The number of methoxy groups -OCH3 is 3. The molecule has 30 heavy (non-hydrogen) atoms. The fourth-order valence-corrected chi connectivity index (χ4v) is 3.06. The lowest BCUT2D eigenvalue weighted by atomic mass is 10.00. The van der Waals surface area contributed by atoms with Crippen molar-refractivity contribution >= 4 is 16.9 Å². The number of hydrogen-bond donors (Lipinski definition) is 1. The number of benzene rings is 2. The average Bonchev–Trinajstić information content (AvgIpc) is 2.71. The predicted octanol–water partition coefficient (Wildman–Crippen LogP) is 3.67. The summed E-state index contributed by atoms with van der Waals surface area (Å²) in [6.45, 7) is 1.67. The van der Waals surface area contributed by atoms with E-state index in [1.807, 2.05) is 0 Å². The maximum Gasteiger partial charge on any atom is 0.336 e. The summed E-state index contributed by atoms with van der Waals surface area (Å²) in [5.41, 5.74) is 0.304. The lowest BCUT2D eigenvalue weighted by Gasteiger charge is -2.15. The largest absolute Gasteiger partial charge is 0.507 e. The molecular formula is C22H20O8. The molecule has 0 atom stereocenters. The van der Waals surface area contributed by atoms with E-state index >= 15 is 0 Å². The van der Waals surface area contributed by atoms with Gasteiger partial charge >= 0.3 is 11.6 Å². The highest BCUT2D eigenvalue weighted by atomic mass is 16.5. The quantitative estimate of drug-likeness (QED) is 0.283. The van der Waals surface area contributed by atoms with Crippen molar-refractivity contribution in [3.8, 4) is 39.9 Å². The lowest BCUT2D eigenvalue weighted by Crippen LogP contribution is -2.04. The number of rotatable bonds is 6. The lowest BCUT2D eigenvalue weighted by molar-refractivity contribution is -0.128. The molecule has 0 saturated carbocycles. The first kappa shape index (κ1) is 20.8. The minimum atomic E-state index is -0.650. The van der Waals surface area contributed by atoms with Crippen LogP contribution in [0.15, 0.2) is 51.7 Å². The molecule has 3 aromatic rings. The number of fused-ring (bicyclic) bond motifs is 1. The number of allylic oxidation sites excluding steroid dienone is 1. The summed E-state index contributed by atoms with van der Waals surface area (Å²) in [7, 11) is 4.43. The number of ether oxygens (including phenoxy) is 4. The first-order valence-corrected chi connectivity index (χ1v) is 8.87. The summed E-state index contributed by atoms with van der Waals surface area (Å²) in [5, 5.41) is 10.9. The Kier molecular flexibility index (Phi) is 5.96. The van der Waals surface area contributed by atoms with Gasteiger partial charge in [-0.3, -0.25) is 0 Å². The minimum absolute atomic E-state index is 0.0355. The summed E-state index contributed by atoms with van der Waals surface area (Å²) >= 11 is 0. The fourth-order valence-electron chi connectivity index (χ4n) is 3.06. The number of phenols is 1. The van der Waals surface area contributed by atoms with Crippen molar-refractivity contribution in [3.63, 3.8) is 0 Å². The molecule has 1 aromatic heterocycles. The van der Waals surface area contributed by atoms with Gasteiger partial charge in [-0.05, 0) is 24.6 Å². The molecular weight excluding hydrogens is 392 g/mol. The number of carbonyl (C=O) groups is 1. The van der Waals surface area contributed by atoms with E-state index < -0.39 is 11.6 Å². The number of phenolic OH excluding ortho intramolecular Hbond substituents is 1. The molecule has 1 N–H and O–H groups in total. The standard InChI is InChI=1S/C22H20O8/c1-5-6-19(24)29-13-9-15(23)21-14(11-20(25)30-16(21)10-13)12-7-17(26-2)22(28-4)18(8-12)27-3/h5-11,23H,1-4H3/b6-5+. The van der Waals surface area contributed by atoms with Crippen molar-refractivity contribution < 1.29 is 33.3 Å². The molecule has 8 heteroatoms. The van der Waals surface area contributed by atoms with Gasteiger partial charge in [-0.25, -0.2) is 9.59 Å². The summed E-state index contributed by atoms with van der Waals surface area (Å²) in [4.78, 5) is 23.9. The second-order valence-electron chi connectivity index (χ2n) is 6.13. The zero-order valence-electron chi connectivity index (χ0n) is 16.8. The number of aromatic hydroxyl groups is 1. The smallest absolute Gasteiger partial charge is 0.336 e. The van der Waals surface area contributed by atoms with Gasteiger partial charge in [-0.2, -0.15) is 0 Å². The molecule has 0 radical (unpaired) electrons. The van der Waals surface area contributed by atoms with Crippen LogP contribution >= 0.6 is 0 Å². The third-order valence-corrected chi connectivity index (χ3v) is 4.29. The molecule has 0 aliphatic heterocycles. The van der Waals surface area contributed by atoms with Crippen LogP contribution in [0, 0.1) is 0 Å². The molecule has 0 aliphatic carbocycles. The summed E-state index contributed by atoms with van der Waals surface area (Å²) in [6.07, 6.45) is 2.75. The van der Waals surface area contributed by atoms with E-state index in [1.54, 1.807) is 19.1 Å². The first-order chi connectivity index (χ1) is 14.4. The zero-order valence-corrected chi connectivity index (χ0v) is 16.8. The van der Waals surface area contributed by atoms with Crippen LogP contribution in [-0.2, 0) is 4.79 Å². The van der Waals surface area contributed by atoms with Gasteiger partial charge in [0.1, 0.15) is 17.1 Å². The summed E-state index contributed by atoms with van der Waals surface area (Å²) in [6, 6.07) is 7.17. The van der Waals surface area contributed by atoms with Gasteiger partial charge in [0.25, 0.3) is 0 Å². The molecule has 0 spiro atoms. The van der Waals surface area contributed by atoms with Crippen molar-refractivity contribution in [2.75, 3.05) is 21.3 Å². The summed E-state index contributed by atoms with van der Waals surface area (Å²) in [5.74, 6) is 0.323.